The van der Waals surface area contributed by atoms with Gasteiger partial charge < -0.3 is 19.4 Å². The third-order valence-corrected chi connectivity index (χ3v) is 14.6. The van der Waals surface area contributed by atoms with Crippen molar-refractivity contribution in [3.63, 3.8) is 0 Å². The van der Waals surface area contributed by atoms with Crippen molar-refractivity contribution >= 4 is 27.6 Å². The lowest BCUT2D eigenvalue weighted by atomic mass is 9.78. The largest absolute Gasteiger partial charge is 0.361 e. The molecule has 4 aromatic rings. The molecule has 270 valence electrons. The third kappa shape index (κ3) is 8.11. The fourth-order valence-corrected chi connectivity index (χ4v) is 9.46. The number of rotatable bonds is 15. The third-order valence-electron chi connectivity index (χ3n) is 11.2. The molecule has 0 spiro atoms. The summed E-state index contributed by atoms with van der Waals surface area (Å²) in [6, 6.07) is 6.47. The van der Waals surface area contributed by atoms with Crippen molar-refractivity contribution < 1.29 is 9.47 Å². The molecule has 3 saturated carbocycles. The molecular formula is C39H59N7O2Si2. The number of anilines is 1. The van der Waals surface area contributed by atoms with E-state index in [0.29, 0.717) is 25.3 Å². The molecule has 0 amide bonds. The first kappa shape index (κ1) is 35.5. The van der Waals surface area contributed by atoms with Crippen molar-refractivity contribution in [2.75, 3.05) is 31.6 Å². The lowest BCUT2D eigenvalue weighted by Crippen LogP contribution is -2.34. The first-order chi connectivity index (χ1) is 23.8. The molecule has 0 aromatic carbocycles. The van der Waals surface area contributed by atoms with Gasteiger partial charge in [-0.25, -0.2) is 9.97 Å². The molecule has 0 aliphatic heterocycles. The Bertz CT molecular complexity index is 1730. The highest BCUT2D eigenvalue weighted by Gasteiger charge is 2.41. The Morgan fingerprint density at radius 3 is 2.02 bits per heavy atom. The van der Waals surface area contributed by atoms with Crippen LogP contribution in [0.25, 0.3) is 28.3 Å². The number of pyridine rings is 1. The molecule has 3 aliphatic carbocycles. The average molecular weight is 714 g/mol. The van der Waals surface area contributed by atoms with Gasteiger partial charge in [0.05, 0.1) is 17.6 Å². The van der Waals surface area contributed by atoms with E-state index in [2.05, 4.69) is 70.8 Å². The van der Waals surface area contributed by atoms with E-state index in [1.807, 2.05) is 26.2 Å². The van der Waals surface area contributed by atoms with Gasteiger partial charge in [-0.3, -0.25) is 4.98 Å². The van der Waals surface area contributed by atoms with E-state index in [-0.39, 0.29) is 0 Å². The highest BCUT2D eigenvalue weighted by molar-refractivity contribution is 6.76. The zero-order valence-electron chi connectivity index (χ0n) is 31.8. The van der Waals surface area contributed by atoms with Crippen LogP contribution in [0.4, 0.5) is 5.82 Å². The zero-order valence-corrected chi connectivity index (χ0v) is 33.8. The second kappa shape index (κ2) is 14.3. The van der Waals surface area contributed by atoms with Crippen LogP contribution < -0.4 is 4.90 Å². The summed E-state index contributed by atoms with van der Waals surface area (Å²) in [7, 11) is -2.47. The van der Waals surface area contributed by atoms with Crippen molar-refractivity contribution in [2.24, 2.45) is 11.8 Å². The first-order valence-corrected chi connectivity index (χ1v) is 26.6. The number of aryl methyl sites for hydroxylation is 2. The molecule has 50 heavy (non-hydrogen) atoms. The van der Waals surface area contributed by atoms with E-state index < -0.39 is 16.1 Å². The first-order valence-electron chi connectivity index (χ1n) is 19.1. The minimum atomic E-state index is -1.23. The lowest BCUT2D eigenvalue weighted by molar-refractivity contribution is 0.0940. The molecule has 0 radical (unpaired) electrons. The standard InChI is InChI=1S/C39H59N7O2Si2/c1-26-27(2)43-37(42-26)34-14-13-31(22-40-34)33-23-41-46-38(33)44-36(32-20-28-9-10-29(19-28)21-32)35(30-11-12-30)39(46)45(24-47-15-17-49(3,4)5)25-48-16-18-50(6,7)8/h13-14,22-23,28-30,32H,9-12,15-21,24-25H2,1-8H3,(H,42,43)/t28-,29?,32+/m0/s1. The summed E-state index contributed by atoms with van der Waals surface area (Å²) in [6.45, 7) is 21.1. The molecule has 3 fully saturated rings. The summed E-state index contributed by atoms with van der Waals surface area (Å²) in [5.41, 5.74) is 8.55. The van der Waals surface area contributed by atoms with Gasteiger partial charge in [-0.1, -0.05) is 58.2 Å². The summed E-state index contributed by atoms with van der Waals surface area (Å²) in [4.78, 5) is 20.9. The van der Waals surface area contributed by atoms with Crippen LogP contribution in [0.15, 0.2) is 24.5 Å². The van der Waals surface area contributed by atoms with E-state index in [1.165, 1.54) is 56.2 Å². The molecule has 9 nitrogen and oxygen atoms in total. The maximum atomic E-state index is 6.52. The Balaban J connectivity index is 1.31. The number of ether oxygens (including phenoxy) is 2. The second-order valence-electron chi connectivity index (χ2n) is 18.0. The molecule has 0 saturated heterocycles. The van der Waals surface area contributed by atoms with Gasteiger partial charge in [0.15, 0.2) is 11.5 Å². The van der Waals surface area contributed by atoms with E-state index in [4.69, 9.17) is 24.5 Å². The van der Waals surface area contributed by atoms with Crippen molar-refractivity contribution in [3.05, 3.63) is 47.2 Å². The highest BCUT2D eigenvalue weighted by Crippen LogP contribution is 2.53. The molecule has 2 bridgehead atoms. The number of aromatic nitrogens is 6. The van der Waals surface area contributed by atoms with Crippen molar-refractivity contribution in [1.29, 1.82) is 0 Å². The van der Waals surface area contributed by atoms with Gasteiger partial charge in [-0.05, 0) is 81.9 Å². The Kier molecular flexibility index (Phi) is 10.1. The van der Waals surface area contributed by atoms with Crippen LogP contribution in [0.2, 0.25) is 51.4 Å². The molecule has 1 N–H and O–H groups in total. The highest BCUT2D eigenvalue weighted by atomic mass is 28.3. The van der Waals surface area contributed by atoms with E-state index in [1.54, 1.807) is 0 Å². The fraction of sp³-hybridized carbons (Fsp3) is 0.641. The molecule has 4 heterocycles. The van der Waals surface area contributed by atoms with Crippen LogP contribution in [-0.4, -0.2) is 72.4 Å². The van der Waals surface area contributed by atoms with Crippen LogP contribution in [0, 0.1) is 25.7 Å². The fourth-order valence-electron chi connectivity index (χ4n) is 7.95. The van der Waals surface area contributed by atoms with Crippen LogP contribution in [0.3, 0.4) is 0 Å². The van der Waals surface area contributed by atoms with E-state index in [9.17, 15) is 0 Å². The predicted molar refractivity (Wildman–Crippen MR) is 208 cm³/mol. The number of fused-ring (bicyclic) bond motifs is 3. The molecular weight excluding hydrogens is 655 g/mol. The average Bonchev–Trinajstić information content (AvgIpc) is 3.60. The Hall–Kier alpha value is -2.87. The molecule has 4 aromatic heterocycles. The maximum Gasteiger partial charge on any atom is 0.165 e. The van der Waals surface area contributed by atoms with Crippen LogP contribution in [0.1, 0.15) is 79.4 Å². The Labute approximate surface area is 301 Å². The number of imidazole rings is 1. The molecule has 7 rings (SSSR count). The molecule has 3 atom stereocenters. The van der Waals surface area contributed by atoms with Gasteiger partial charge in [-0.15, -0.1) is 0 Å². The van der Waals surface area contributed by atoms with Gasteiger partial charge >= 0.3 is 0 Å². The lowest BCUT2D eigenvalue weighted by Gasteiger charge is -2.33. The van der Waals surface area contributed by atoms with Crippen LogP contribution >= 0.6 is 0 Å². The maximum absolute atomic E-state index is 6.52. The zero-order chi connectivity index (χ0) is 35.2. The van der Waals surface area contributed by atoms with Crippen molar-refractivity contribution in [3.8, 4) is 22.6 Å². The predicted octanol–water partition coefficient (Wildman–Crippen LogP) is 9.40. The van der Waals surface area contributed by atoms with Gasteiger partial charge in [0.25, 0.3) is 0 Å². The molecule has 1 unspecified atom stereocenters. The monoisotopic (exact) mass is 713 g/mol. The van der Waals surface area contributed by atoms with Gasteiger partial charge in [0.1, 0.15) is 25.0 Å². The second-order valence-corrected chi connectivity index (χ2v) is 29.2. The van der Waals surface area contributed by atoms with Gasteiger partial charge in [0, 0.05) is 63.9 Å². The topological polar surface area (TPSA) is 93.5 Å². The summed E-state index contributed by atoms with van der Waals surface area (Å²) >= 11 is 0. The van der Waals surface area contributed by atoms with Crippen molar-refractivity contribution in [1.82, 2.24) is 29.5 Å². The van der Waals surface area contributed by atoms with Crippen LogP contribution in [-0.2, 0) is 9.47 Å². The smallest absolute Gasteiger partial charge is 0.165 e. The SMILES string of the molecule is Cc1nc(-c2ccc(-c3cnn4c(N(COCC[Si](C)(C)C)COCC[Si](C)(C)C)c(C5CC5)c([C@H]5CC6CC[C@@H](C6)C5)nc34)cn2)[nH]c1C. The summed E-state index contributed by atoms with van der Waals surface area (Å²) < 4.78 is 15.2. The molecule has 3 aliphatic rings. The number of nitrogens with one attached hydrogen (secondary N) is 1. The van der Waals surface area contributed by atoms with Crippen molar-refractivity contribution in [2.45, 2.75) is 122 Å². The Morgan fingerprint density at radius 2 is 1.48 bits per heavy atom. The number of aromatic amines is 1. The van der Waals surface area contributed by atoms with E-state index in [0.717, 1.165) is 82.6 Å². The quantitative estimate of drug-likeness (QED) is 0.0746. The van der Waals surface area contributed by atoms with Crippen LogP contribution in [0.5, 0.6) is 0 Å². The minimum Gasteiger partial charge on any atom is -0.361 e. The van der Waals surface area contributed by atoms with Gasteiger partial charge in [-0.2, -0.15) is 9.61 Å². The normalized spacial score (nSPS) is 21.0. The summed E-state index contributed by atoms with van der Waals surface area (Å²) in [5, 5.41) is 5.11. The molecule has 11 heteroatoms. The number of hydrogen-bond donors (Lipinski definition) is 1. The minimum absolute atomic E-state index is 0.483. The number of nitrogens with zero attached hydrogens (tertiary/aromatic N) is 6. The van der Waals surface area contributed by atoms with E-state index >= 15 is 0 Å². The number of hydrogen-bond acceptors (Lipinski definition) is 7. The summed E-state index contributed by atoms with van der Waals surface area (Å²) in [6.07, 6.45) is 13.0. The number of H-pyrrole nitrogens is 1. The van der Waals surface area contributed by atoms with Gasteiger partial charge in [0.2, 0.25) is 0 Å². The Morgan fingerprint density at radius 1 is 0.820 bits per heavy atom. The summed E-state index contributed by atoms with van der Waals surface area (Å²) in [5.74, 6) is 4.58.